The number of nitrogens with zero attached hydrogens (tertiary/aromatic N) is 2. The van der Waals surface area contributed by atoms with Gasteiger partial charge < -0.3 is 10.1 Å². The maximum atomic E-state index is 5.35. The zero-order chi connectivity index (χ0) is 14.1. The van der Waals surface area contributed by atoms with E-state index < -0.39 is 0 Å². The largest absolute Gasteiger partial charge is 0.480 e. The van der Waals surface area contributed by atoms with Crippen molar-refractivity contribution in [1.82, 2.24) is 9.38 Å². The number of aromatic nitrogens is 2. The minimum Gasteiger partial charge on any atom is -0.480 e. The number of imidazole rings is 1. The summed E-state index contributed by atoms with van der Waals surface area (Å²) in [6.07, 6.45) is 2.01. The number of anilines is 1. The molecule has 0 atom stereocenters. The van der Waals surface area contributed by atoms with Crippen molar-refractivity contribution in [3.63, 3.8) is 0 Å². The number of hydrogen-bond acceptors (Lipinski definition) is 4. The summed E-state index contributed by atoms with van der Waals surface area (Å²) in [4.78, 5) is 5.40. The van der Waals surface area contributed by atoms with E-state index in [1.807, 2.05) is 17.6 Å². The molecular formula is C14H14BrN3OS. The predicted octanol–water partition coefficient (Wildman–Crippen LogP) is 4.09. The summed E-state index contributed by atoms with van der Waals surface area (Å²) in [7, 11) is 1.65. The molecule has 0 bridgehead atoms. The molecule has 2 heterocycles. The molecule has 0 aliphatic carbocycles. The summed E-state index contributed by atoms with van der Waals surface area (Å²) in [6.45, 7) is 2.75. The molecule has 1 N–H and O–H groups in total. The summed E-state index contributed by atoms with van der Waals surface area (Å²) in [6, 6.07) is 6.19. The third-order valence-corrected chi connectivity index (χ3v) is 4.40. The number of methoxy groups -OCH3 is 1. The number of thiazole rings is 1. The predicted molar refractivity (Wildman–Crippen MR) is 85.8 cm³/mol. The van der Waals surface area contributed by atoms with Crippen LogP contribution in [0.25, 0.3) is 4.96 Å². The van der Waals surface area contributed by atoms with Crippen molar-refractivity contribution in [1.29, 1.82) is 0 Å². The minimum atomic E-state index is 0.670. The molecule has 0 unspecified atom stereocenters. The minimum absolute atomic E-state index is 0.670. The summed E-state index contributed by atoms with van der Waals surface area (Å²) in [5, 5.41) is 5.47. The van der Waals surface area contributed by atoms with Crippen LogP contribution in [0.1, 0.15) is 11.3 Å². The summed E-state index contributed by atoms with van der Waals surface area (Å²) in [5.41, 5.74) is 3.34. The number of nitrogens with one attached hydrogen (secondary N) is 1. The third-order valence-electron chi connectivity index (χ3n) is 3.15. The lowest BCUT2D eigenvalue weighted by Crippen LogP contribution is -2.04. The Balaban J connectivity index is 1.87. The normalized spacial score (nSPS) is 10.9. The Morgan fingerprint density at radius 1 is 1.45 bits per heavy atom. The Hall–Kier alpha value is -1.53. The second kappa shape index (κ2) is 5.46. The van der Waals surface area contributed by atoms with Gasteiger partial charge in [-0.25, -0.2) is 0 Å². The van der Waals surface area contributed by atoms with E-state index in [0.717, 1.165) is 20.8 Å². The second-order valence-electron chi connectivity index (χ2n) is 4.44. The SMILES string of the molecule is COc1nc2sccn2c1CNc1ccc(Br)cc1C. The van der Waals surface area contributed by atoms with E-state index in [1.54, 1.807) is 18.4 Å². The summed E-state index contributed by atoms with van der Waals surface area (Å²) >= 11 is 5.08. The van der Waals surface area contributed by atoms with Gasteiger partial charge in [0.15, 0.2) is 4.96 Å². The van der Waals surface area contributed by atoms with Crippen molar-refractivity contribution >= 4 is 37.9 Å². The fraction of sp³-hybridized carbons (Fsp3) is 0.214. The van der Waals surface area contributed by atoms with Crippen molar-refractivity contribution in [2.45, 2.75) is 13.5 Å². The second-order valence-corrected chi connectivity index (χ2v) is 6.22. The van der Waals surface area contributed by atoms with Gasteiger partial charge in [0.05, 0.1) is 13.7 Å². The fourth-order valence-corrected chi connectivity index (χ4v) is 3.34. The number of halogens is 1. The first-order valence-corrected chi connectivity index (χ1v) is 7.84. The number of benzene rings is 1. The van der Waals surface area contributed by atoms with E-state index >= 15 is 0 Å². The first-order chi connectivity index (χ1) is 9.69. The maximum Gasteiger partial charge on any atom is 0.238 e. The van der Waals surface area contributed by atoms with E-state index in [-0.39, 0.29) is 0 Å². The number of hydrogen-bond donors (Lipinski definition) is 1. The molecule has 0 aliphatic rings. The molecule has 0 aliphatic heterocycles. The molecule has 0 radical (unpaired) electrons. The highest BCUT2D eigenvalue weighted by Gasteiger charge is 2.13. The van der Waals surface area contributed by atoms with Crippen LogP contribution in [0.15, 0.2) is 34.2 Å². The van der Waals surface area contributed by atoms with Gasteiger partial charge in [0.25, 0.3) is 0 Å². The van der Waals surface area contributed by atoms with Gasteiger partial charge in [-0.3, -0.25) is 4.40 Å². The van der Waals surface area contributed by atoms with Crippen molar-refractivity contribution in [3.05, 3.63) is 45.5 Å². The van der Waals surface area contributed by atoms with Crippen molar-refractivity contribution in [3.8, 4) is 5.88 Å². The maximum absolute atomic E-state index is 5.35. The number of fused-ring (bicyclic) bond motifs is 1. The highest BCUT2D eigenvalue weighted by atomic mass is 79.9. The van der Waals surface area contributed by atoms with Gasteiger partial charge in [0, 0.05) is 21.7 Å². The molecule has 0 amide bonds. The van der Waals surface area contributed by atoms with Crippen LogP contribution in [-0.2, 0) is 6.54 Å². The van der Waals surface area contributed by atoms with Gasteiger partial charge in [-0.05, 0) is 30.7 Å². The van der Waals surface area contributed by atoms with E-state index in [9.17, 15) is 0 Å². The van der Waals surface area contributed by atoms with Crippen LogP contribution < -0.4 is 10.1 Å². The number of ether oxygens (including phenoxy) is 1. The van der Waals surface area contributed by atoms with E-state index in [4.69, 9.17) is 4.74 Å². The van der Waals surface area contributed by atoms with Crippen LogP contribution in [0.2, 0.25) is 0 Å². The lowest BCUT2D eigenvalue weighted by molar-refractivity contribution is 0.395. The Morgan fingerprint density at radius 2 is 2.30 bits per heavy atom. The van der Waals surface area contributed by atoms with Gasteiger partial charge >= 0.3 is 0 Å². The van der Waals surface area contributed by atoms with Crippen LogP contribution in [-0.4, -0.2) is 16.5 Å². The molecule has 1 aromatic carbocycles. The lowest BCUT2D eigenvalue weighted by Gasteiger charge is -2.10. The first-order valence-electron chi connectivity index (χ1n) is 6.17. The van der Waals surface area contributed by atoms with Crippen molar-refractivity contribution in [2.24, 2.45) is 0 Å². The van der Waals surface area contributed by atoms with Crippen LogP contribution >= 0.6 is 27.3 Å². The molecule has 2 aromatic heterocycles. The zero-order valence-electron chi connectivity index (χ0n) is 11.2. The van der Waals surface area contributed by atoms with Crippen LogP contribution in [0.5, 0.6) is 5.88 Å². The van der Waals surface area contributed by atoms with Crippen LogP contribution in [0, 0.1) is 6.92 Å². The van der Waals surface area contributed by atoms with Crippen molar-refractivity contribution in [2.75, 3.05) is 12.4 Å². The molecule has 6 heteroatoms. The van der Waals surface area contributed by atoms with E-state index in [0.29, 0.717) is 12.4 Å². The van der Waals surface area contributed by atoms with Crippen molar-refractivity contribution < 1.29 is 4.74 Å². The van der Waals surface area contributed by atoms with E-state index in [1.165, 1.54) is 5.56 Å². The van der Waals surface area contributed by atoms with Crippen LogP contribution in [0.4, 0.5) is 5.69 Å². The Morgan fingerprint density at radius 3 is 3.05 bits per heavy atom. The average molecular weight is 352 g/mol. The molecule has 104 valence electrons. The van der Waals surface area contributed by atoms with Gasteiger partial charge in [0.2, 0.25) is 5.88 Å². The average Bonchev–Trinajstić information content (AvgIpc) is 2.98. The zero-order valence-corrected chi connectivity index (χ0v) is 13.6. The number of aryl methyl sites for hydroxylation is 1. The smallest absolute Gasteiger partial charge is 0.238 e. The molecule has 0 fully saturated rings. The van der Waals surface area contributed by atoms with Gasteiger partial charge in [-0.2, -0.15) is 4.98 Å². The number of rotatable bonds is 4. The third kappa shape index (κ3) is 2.41. The highest BCUT2D eigenvalue weighted by molar-refractivity contribution is 9.10. The highest BCUT2D eigenvalue weighted by Crippen LogP contribution is 2.25. The molecule has 0 spiro atoms. The Bertz CT molecular complexity index is 750. The molecule has 3 rings (SSSR count). The molecule has 3 aromatic rings. The van der Waals surface area contributed by atoms with E-state index in [2.05, 4.69) is 49.7 Å². The Labute approximate surface area is 129 Å². The molecule has 20 heavy (non-hydrogen) atoms. The topological polar surface area (TPSA) is 38.6 Å². The van der Waals surface area contributed by atoms with Gasteiger partial charge in [-0.1, -0.05) is 15.9 Å². The summed E-state index contributed by atoms with van der Waals surface area (Å²) in [5.74, 6) is 0.680. The molecule has 0 saturated carbocycles. The monoisotopic (exact) mass is 351 g/mol. The van der Waals surface area contributed by atoms with Crippen LogP contribution in [0.3, 0.4) is 0 Å². The fourth-order valence-electron chi connectivity index (χ4n) is 2.14. The lowest BCUT2D eigenvalue weighted by atomic mass is 10.2. The Kier molecular flexibility index (Phi) is 3.67. The first kappa shape index (κ1) is 13.5. The molecular weight excluding hydrogens is 338 g/mol. The standard InChI is InChI=1S/C14H14BrN3OS/c1-9-7-10(15)3-4-11(9)16-8-12-13(19-2)17-14-18(12)5-6-20-14/h3-7,16H,8H2,1-2H3. The summed E-state index contributed by atoms with van der Waals surface area (Å²) < 4.78 is 8.50. The molecule has 4 nitrogen and oxygen atoms in total. The molecule has 0 saturated heterocycles. The van der Waals surface area contributed by atoms with Gasteiger partial charge in [-0.15, -0.1) is 11.3 Å². The van der Waals surface area contributed by atoms with Gasteiger partial charge in [0.1, 0.15) is 5.69 Å². The quantitative estimate of drug-likeness (QED) is 0.769.